The van der Waals surface area contributed by atoms with Crippen molar-refractivity contribution in [1.82, 2.24) is 9.88 Å². The van der Waals surface area contributed by atoms with Crippen molar-refractivity contribution in [2.75, 3.05) is 13.1 Å². The Morgan fingerprint density at radius 3 is 2.92 bits per heavy atom. The van der Waals surface area contributed by atoms with Crippen LogP contribution in [0.4, 0.5) is 0 Å². The van der Waals surface area contributed by atoms with E-state index in [1.165, 1.54) is 24.5 Å². The van der Waals surface area contributed by atoms with Crippen LogP contribution in [0.5, 0.6) is 0 Å². The van der Waals surface area contributed by atoms with Crippen LogP contribution < -0.4 is 5.73 Å². The first-order chi connectivity index (χ1) is 5.88. The Bertz CT molecular complexity index is 255. The molecule has 0 unspecified atom stereocenters. The third-order valence-corrected chi connectivity index (χ3v) is 3.00. The van der Waals surface area contributed by atoms with Gasteiger partial charge < -0.3 is 5.73 Å². The molecule has 1 aromatic rings. The standard InChI is InChI=1S/C8H13N3S/c9-4-7-6-12-8(10-7)5-11-2-1-3-11/h6H,1-5,9H2. The average molecular weight is 183 g/mol. The van der Waals surface area contributed by atoms with E-state index in [2.05, 4.69) is 15.3 Å². The summed E-state index contributed by atoms with van der Waals surface area (Å²) < 4.78 is 0. The van der Waals surface area contributed by atoms with Crippen LogP contribution >= 0.6 is 11.3 Å². The van der Waals surface area contributed by atoms with E-state index in [-0.39, 0.29) is 0 Å². The van der Waals surface area contributed by atoms with Gasteiger partial charge in [-0.2, -0.15) is 0 Å². The summed E-state index contributed by atoms with van der Waals surface area (Å²) in [5.41, 5.74) is 6.49. The molecule has 0 aliphatic carbocycles. The number of rotatable bonds is 3. The number of hydrogen-bond donors (Lipinski definition) is 1. The van der Waals surface area contributed by atoms with Crippen molar-refractivity contribution < 1.29 is 0 Å². The van der Waals surface area contributed by atoms with E-state index >= 15 is 0 Å². The molecule has 2 N–H and O–H groups in total. The summed E-state index contributed by atoms with van der Waals surface area (Å²) in [7, 11) is 0. The van der Waals surface area contributed by atoms with E-state index in [9.17, 15) is 0 Å². The van der Waals surface area contributed by atoms with Gasteiger partial charge in [-0.25, -0.2) is 4.98 Å². The lowest BCUT2D eigenvalue weighted by Crippen LogP contribution is -2.36. The van der Waals surface area contributed by atoms with E-state index in [0.29, 0.717) is 6.54 Å². The summed E-state index contributed by atoms with van der Waals surface area (Å²) in [5, 5.41) is 3.25. The third-order valence-electron chi connectivity index (χ3n) is 2.12. The van der Waals surface area contributed by atoms with Crippen LogP contribution in [0.1, 0.15) is 17.1 Å². The van der Waals surface area contributed by atoms with Crippen LogP contribution in [-0.4, -0.2) is 23.0 Å². The molecule has 2 heterocycles. The lowest BCUT2D eigenvalue weighted by Gasteiger charge is -2.29. The fourth-order valence-corrected chi connectivity index (χ4v) is 2.09. The van der Waals surface area contributed by atoms with Gasteiger partial charge >= 0.3 is 0 Å². The Morgan fingerprint density at radius 1 is 1.58 bits per heavy atom. The fourth-order valence-electron chi connectivity index (χ4n) is 1.25. The molecule has 0 bridgehead atoms. The Labute approximate surface area is 76.2 Å². The summed E-state index contributed by atoms with van der Waals surface area (Å²) in [4.78, 5) is 6.80. The fraction of sp³-hybridized carbons (Fsp3) is 0.625. The molecule has 66 valence electrons. The predicted molar refractivity (Wildman–Crippen MR) is 49.9 cm³/mol. The number of nitrogens with two attached hydrogens (primary N) is 1. The van der Waals surface area contributed by atoms with E-state index < -0.39 is 0 Å². The van der Waals surface area contributed by atoms with Crippen molar-refractivity contribution in [3.8, 4) is 0 Å². The average Bonchev–Trinajstić information content (AvgIpc) is 2.44. The second-order valence-electron chi connectivity index (χ2n) is 3.07. The number of aromatic nitrogens is 1. The predicted octanol–water partition coefficient (Wildman–Crippen LogP) is 0.807. The van der Waals surface area contributed by atoms with Gasteiger partial charge in [-0.1, -0.05) is 0 Å². The van der Waals surface area contributed by atoms with Crippen LogP contribution in [0.15, 0.2) is 5.38 Å². The van der Waals surface area contributed by atoms with Crippen molar-refractivity contribution in [3.63, 3.8) is 0 Å². The first kappa shape index (κ1) is 8.16. The molecular weight excluding hydrogens is 170 g/mol. The first-order valence-corrected chi connectivity index (χ1v) is 5.12. The zero-order valence-electron chi connectivity index (χ0n) is 6.99. The van der Waals surface area contributed by atoms with Gasteiger partial charge in [-0.05, 0) is 19.5 Å². The molecule has 1 aliphatic rings. The second-order valence-corrected chi connectivity index (χ2v) is 4.01. The monoisotopic (exact) mass is 183 g/mol. The van der Waals surface area contributed by atoms with Crippen LogP contribution in [0.3, 0.4) is 0 Å². The molecule has 1 fully saturated rings. The van der Waals surface area contributed by atoms with Crippen LogP contribution in [0.25, 0.3) is 0 Å². The second kappa shape index (κ2) is 3.51. The Hall–Kier alpha value is -0.450. The van der Waals surface area contributed by atoms with Gasteiger partial charge in [-0.3, -0.25) is 4.90 Å². The summed E-state index contributed by atoms with van der Waals surface area (Å²) in [5.74, 6) is 0. The Morgan fingerprint density at radius 2 is 2.42 bits per heavy atom. The van der Waals surface area contributed by atoms with Crippen LogP contribution in [0, 0.1) is 0 Å². The summed E-state index contributed by atoms with van der Waals surface area (Å²) in [6.45, 7) is 4.05. The molecule has 1 aliphatic heterocycles. The highest BCUT2D eigenvalue weighted by Crippen LogP contribution is 2.15. The number of nitrogens with zero attached hydrogens (tertiary/aromatic N) is 2. The lowest BCUT2D eigenvalue weighted by atomic mass is 10.2. The van der Waals surface area contributed by atoms with Crippen molar-refractivity contribution in [3.05, 3.63) is 16.1 Å². The molecule has 0 aromatic carbocycles. The van der Waals surface area contributed by atoms with E-state index in [0.717, 1.165) is 12.2 Å². The summed E-state index contributed by atoms with van der Waals surface area (Å²) in [6, 6.07) is 0. The number of hydrogen-bond acceptors (Lipinski definition) is 4. The molecule has 0 atom stereocenters. The van der Waals surface area contributed by atoms with E-state index in [1.54, 1.807) is 11.3 Å². The van der Waals surface area contributed by atoms with Crippen LogP contribution in [-0.2, 0) is 13.1 Å². The van der Waals surface area contributed by atoms with Gasteiger partial charge in [0, 0.05) is 11.9 Å². The molecular formula is C8H13N3S. The highest BCUT2D eigenvalue weighted by molar-refractivity contribution is 7.09. The van der Waals surface area contributed by atoms with Crippen LogP contribution in [0.2, 0.25) is 0 Å². The zero-order valence-corrected chi connectivity index (χ0v) is 7.81. The summed E-state index contributed by atoms with van der Waals surface area (Å²) >= 11 is 1.72. The molecule has 0 spiro atoms. The lowest BCUT2D eigenvalue weighted by molar-refractivity contribution is 0.172. The van der Waals surface area contributed by atoms with Crippen molar-refractivity contribution >= 4 is 11.3 Å². The van der Waals surface area contributed by atoms with Crippen molar-refractivity contribution in [1.29, 1.82) is 0 Å². The molecule has 3 nitrogen and oxygen atoms in total. The normalized spacial score (nSPS) is 17.8. The Balaban J connectivity index is 1.93. The molecule has 4 heteroatoms. The molecule has 12 heavy (non-hydrogen) atoms. The van der Waals surface area contributed by atoms with E-state index in [4.69, 9.17) is 5.73 Å². The summed E-state index contributed by atoms with van der Waals surface area (Å²) in [6.07, 6.45) is 1.34. The minimum absolute atomic E-state index is 0.566. The smallest absolute Gasteiger partial charge is 0.107 e. The maximum atomic E-state index is 5.47. The van der Waals surface area contributed by atoms with Gasteiger partial charge in [0.05, 0.1) is 12.2 Å². The highest BCUT2D eigenvalue weighted by atomic mass is 32.1. The minimum Gasteiger partial charge on any atom is -0.325 e. The number of likely N-dealkylation sites (tertiary alicyclic amines) is 1. The Kier molecular flexibility index (Phi) is 2.39. The first-order valence-electron chi connectivity index (χ1n) is 4.24. The third kappa shape index (κ3) is 1.65. The number of thiazole rings is 1. The SMILES string of the molecule is NCc1csc(CN2CCC2)n1. The van der Waals surface area contributed by atoms with Gasteiger partial charge in [0.2, 0.25) is 0 Å². The molecule has 2 rings (SSSR count). The molecule has 0 radical (unpaired) electrons. The molecule has 0 saturated carbocycles. The quantitative estimate of drug-likeness (QED) is 0.754. The molecule has 1 saturated heterocycles. The minimum atomic E-state index is 0.566. The topological polar surface area (TPSA) is 42.1 Å². The van der Waals surface area contributed by atoms with Gasteiger partial charge in [-0.15, -0.1) is 11.3 Å². The molecule has 0 amide bonds. The maximum Gasteiger partial charge on any atom is 0.107 e. The molecule has 1 aromatic heterocycles. The highest BCUT2D eigenvalue weighted by Gasteiger charge is 2.15. The van der Waals surface area contributed by atoms with Gasteiger partial charge in [0.1, 0.15) is 5.01 Å². The van der Waals surface area contributed by atoms with Crippen molar-refractivity contribution in [2.45, 2.75) is 19.5 Å². The maximum absolute atomic E-state index is 5.47. The van der Waals surface area contributed by atoms with Gasteiger partial charge in [0.15, 0.2) is 0 Å². The zero-order chi connectivity index (χ0) is 8.39. The van der Waals surface area contributed by atoms with Crippen molar-refractivity contribution in [2.24, 2.45) is 5.73 Å². The van der Waals surface area contributed by atoms with Gasteiger partial charge in [0.25, 0.3) is 0 Å². The largest absolute Gasteiger partial charge is 0.325 e. The van der Waals surface area contributed by atoms with E-state index in [1.807, 2.05) is 0 Å².